The molecule has 84 valence electrons. The average molecular weight is 226 g/mol. The van der Waals surface area contributed by atoms with Crippen molar-refractivity contribution >= 4 is 5.69 Å². The van der Waals surface area contributed by atoms with Gasteiger partial charge in [-0.05, 0) is 29.8 Å². The third kappa shape index (κ3) is 2.82. The van der Waals surface area contributed by atoms with Crippen molar-refractivity contribution in [2.45, 2.75) is 6.54 Å². The van der Waals surface area contributed by atoms with Crippen molar-refractivity contribution < 1.29 is 4.39 Å². The molecule has 2 aromatic rings. The highest BCUT2D eigenvalue weighted by Gasteiger charge is 2.05. The SMILES string of the molecule is N#CN(Cc1ccccc1)c1ccc(F)cc1. The van der Waals surface area contributed by atoms with Crippen LogP contribution in [0.1, 0.15) is 5.56 Å². The Morgan fingerprint density at radius 3 is 2.24 bits per heavy atom. The molecule has 0 atom stereocenters. The normalized spacial score (nSPS) is 9.65. The molecule has 0 saturated heterocycles. The van der Waals surface area contributed by atoms with Gasteiger partial charge < -0.3 is 0 Å². The number of anilines is 1. The van der Waals surface area contributed by atoms with Crippen LogP contribution >= 0.6 is 0 Å². The maximum Gasteiger partial charge on any atom is 0.184 e. The maximum absolute atomic E-state index is 12.8. The van der Waals surface area contributed by atoms with Crippen LogP contribution in [-0.2, 0) is 6.54 Å². The first-order chi connectivity index (χ1) is 8.29. The summed E-state index contributed by atoms with van der Waals surface area (Å²) in [5, 5.41) is 9.09. The van der Waals surface area contributed by atoms with Crippen molar-refractivity contribution in [2.24, 2.45) is 0 Å². The van der Waals surface area contributed by atoms with Gasteiger partial charge in [-0.15, -0.1) is 0 Å². The minimum Gasteiger partial charge on any atom is -0.275 e. The van der Waals surface area contributed by atoms with Gasteiger partial charge in [0.15, 0.2) is 6.19 Å². The number of nitriles is 1. The van der Waals surface area contributed by atoms with Crippen LogP contribution < -0.4 is 4.90 Å². The van der Waals surface area contributed by atoms with Crippen molar-refractivity contribution in [3.63, 3.8) is 0 Å². The molecule has 0 N–H and O–H groups in total. The fraction of sp³-hybridized carbons (Fsp3) is 0.0714. The van der Waals surface area contributed by atoms with E-state index < -0.39 is 0 Å². The summed E-state index contributed by atoms with van der Waals surface area (Å²) in [6.07, 6.45) is 2.10. The summed E-state index contributed by atoms with van der Waals surface area (Å²) in [7, 11) is 0. The number of halogens is 1. The van der Waals surface area contributed by atoms with Crippen LogP contribution in [0.2, 0.25) is 0 Å². The van der Waals surface area contributed by atoms with E-state index in [1.807, 2.05) is 30.3 Å². The van der Waals surface area contributed by atoms with E-state index >= 15 is 0 Å². The quantitative estimate of drug-likeness (QED) is 0.593. The maximum atomic E-state index is 12.8. The van der Waals surface area contributed by atoms with E-state index in [0.717, 1.165) is 5.56 Å². The van der Waals surface area contributed by atoms with E-state index in [-0.39, 0.29) is 5.82 Å². The molecule has 2 rings (SSSR count). The van der Waals surface area contributed by atoms with Gasteiger partial charge in [-0.1, -0.05) is 30.3 Å². The van der Waals surface area contributed by atoms with Crippen LogP contribution in [0.4, 0.5) is 10.1 Å². The Balaban J connectivity index is 2.18. The Morgan fingerprint density at radius 1 is 1.00 bits per heavy atom. The van der Waals surface area contributed by atoms with Crippen molar-refractivity contribution in [1.82, 2.24) is 0 Å². The van der Waals surface area contributed by atoms with Gasteiger partial charge in [0.05, 0.1) is 12.2 Å². The molecule has 0 fully saturated rings. The fourth-order valence-corrected chi connectivity index (χ4v) is 1.57. The molecule has 0 bridgehead atoms. The summed E-state index contributed by atoms with van der Waals surface area (Å²) in [6, 6.07) is 15.6. The van der Waals surface area contributed by atoms with Gasteiger partial charge in [0.1, 0.15) is 5.82 Å². The van der Waals surface area contributed by atoms with Crippen molar-refractivity contribution in [3.05, 3.63) is 66.0 Å². The molecule has 0 spiro atoms. The van der Waals surface area contributed by atoms with Crippen LogP contribution in [0.3, 0.4) is 0 Å². The van der Waals surface area contributed by atoms with Gasteiger partial charge in [0.2, 0.25) is 0 Å². The van der Waals surface area contributed by atoms with Gasteiger partial charge >= 0.3 is 0 Å². The average Bonchev–Trinajstić information content (AvgIpc) is 2.38. The first-order valence-electron chi connectivity index (χ1n) is 5.26. The lowest BCUT2D eigenvalue weighted by atomic mass is 10.2. The number of rotatable bonds is 3. The van der Waals surface area contributed by atoms with E-state index in [1.54, 1.807) is 12.1 Å². The summed E-state index contributed by atoms with van der Waals surface area (Å²) in [5.74, 6) is -0.300. The van der Waals surface area contributed by atoms with E-state index in [9.17, 15) is 4.39 Å². The zero-order chi connectivity index (χ0) is 12.1. The summed E-state index contributed by atoms with van der Waals surface area (Å²) < 4.78 is 12.8. The number of hydrogen-bond acceptors (Lipinski definition) is 2. The van der Waals surface area contributed by atoms with Crippen molar-refractivity contribution in [3.8, 4) is 6.19 Å². The molecule has 3 heteroatoms. The largest absolute Gasteiger partial charge is 0.275 e. The molecule has 0 saturated carbocycles. The molecular weight excluding hydrogens is 215 g/mol. The Kier molecular flexibility index (Phi) is 3.37. The molecule has 0 aliphatic carbocycles. The van der Waals surface area contributed by atoms with Crippen LogP contribution in [0, 0.1) is 17.3 Å². The van der Waals surface area contributed by atoms with Gasteiger partial charge in [0, 0.05) is 0 Å². The molecule has 17 heavy (non-hydrogen) atoms. The second-order valence-electron chi connectivity index (χ2n) is 3.65. The molecule has 0 heterocycles. The third-order valence-electron chi connectivity index (χ3n) is 2.44. The summed E-state index contributed by atoms with van der Waals surface area (Å²) >= 11 is 0. The zero-order valence-corrected chi connectivity index (χ0v) is 9.18. The molecule has 0 aliphatic heterocycles. The Hall–Kier alpha value is -2.34. The standard InChI is InChI=1S/C14H11FN2/c15-13-6-8-14(9-7-13)17(11-16)10-12-4-2-1-3-5-12/h1-9H,10H2. The first kappa shape index (κ1) is 11.2. The number of hydrogen-bond donors (Lipinski definition) is 0. The topological polar surface area (TPSA) is 27.0 Å². The molecule has 2 nitrogen and oxygen atoms in total. The summed E-state index contributed by atoms with van der Waals surface area (Å²) in [6.45, 7) is 0.489. The Bertz CT molecular complexity index is 514. The van der Waals surface area contributed by atoms with E-state index in [2.05, 4.69) is 6.19 Å². The molecule has 0 amide bonds. The second-order valence-corrected chi connectivity index (χ2v) is 3.65. The Morgan fingerprint density at radius 2 is 1.65 bits per heavy atom. The predicted octanol–water partition coefficient (Wildman–Crippen LogP) is 3.31. The number of benzene rings is 2. The molecule has 0 unspecified atom stereocenters. The van der Waals surface area contributed by atoms with E-state index in [1.165, 1.54) is 17.0 Å². The van der Waals surface area contributed by atoms with Gasteiger partial charge in [-0.2, -0.15) is 5.26 Å². The fourth-order valence-electron chi connectivity index (χ4n) is 1.57. The van der Waals surface area contributed by atoms with Crippen LogP contribution in [0.5, 0.6) is 0 Å². The highest BCUT2D eigenvalue weighted by molar-refractivity contribution is 5.50. The zero-order valence-electron chi connectivity index (χ0n) is 9.18. The first-order valence-corrected chi connectivity index (χ1v) is 5.26. The second kappa shape index (κ2) is 5.13. The lowest BCUT2D eigenvalue weighted by Gasteiger charge is -2.15. The molecular formula is C14H11FN2. The summed E-state index contributed by atoms with van der Waals surface area (Å²) in [5.41, 5.74) is 1.73. The highest BCUT2D eigenvalue weighted by atomic mass is 19.1. The summed E-state index contributed by atoms with van der Waals surface area (Å²) in [4.78, 5) is 1.52. The lowest BCUT2D eigenvalue weighted by molar-refractivity contribution is 0.627. The van der Waals surface area contributed by atoms with Crippen LogP contribution in [-0.4, -0.2) is 0 Å². The molecule has 0 aromatic heterocycles. The van der Waals surface area contributed by atoms with Crippen LogP contribution in [0.25, 0.3) is 0 Å². The number of nitrogens with zero attached hydrogens (tertiary/aromatic N) is 2. The smallest absolute Gasteiger partial charge is 0.184 e. The van der Waals surface area contributed by atoms with Crippen molar-refractivity contribution in [2.75, 3.05) is 4.90 Å². The van der Waals surface area contributed by atoms with Gasteiger partial charge in [-0.25, -0.2) is 4.39 Å². The molecule has 0 radical (unpaired) electrons. The van der Waals surface area contributed by atoms with Gasteiger partial charge in [0.25, 0.3) is 0 Å². The van der Waals surface area contributed by atoms with Crippen molar-refractivity contribution in [1.29, 1.82) is 5.26 Å². The minimum absolute atomic E-state index is 0.300. The van der Waals surface area contributed by atoms with E-state index in [4.69, 9.17) is 5.26 Å². The van der Waals surface area contributed by atoms with E-state index in [0.29, 0.717) is 12.2 Å². The lowest BCUT2D eigenvalue weighted by Crippen LogP contribution is -2.15. The highest BCUT2D eigenvalue weighted by Crippen LogP contribution is 2.16. The Labute approximate surface area is 99.5 Å². The molecule has 0 aliphatic rings. The molecule has 2 aromatic carbocycles. The third-order valence-corrected chi connectivity index (χ3v) is 2.44. The predicted molar refractivity (Wildman–Crippen MR) is 64.6 cm³/mol. The minimum atomic E-state index is -0.300. The van der Waals surface area contributed by atoms with Crippen LogP contribution in [0.15, 0.2) is 54.6 Å². The van der Waals surface area contributed by atoms with Gasteiger partial charge in [-0.3, -0.25) is 4.90 Å². The monoisotopic (exact) mass is 226 g/mol.